The summed E-state index contributed by atoms with van der Waals surface area (Å²) >= 11 is 0. The fourth-order valence-corrected chi connectivity index (χ4v) is 2.86. The Morgan fingerprint density at radius 2 is 2.00 bits per heavy atom. The van der Waals surface area contributed by atoms with Crippen LogP contribution in [0.2, 0.25) is 0 Å². The molecule has 0 fully saturated rings. The second-order valence-corrected chi connectivity index (χ2v) is 6.18. The number of imidazole rings is 2. The molecule has 0 aliphatic heterocycles. The van der Waals surface area contributed by atoms with Crippen molar-refractivity contribution in [3.63, 3.8) is 0 Å². The van der Waals surface area contributed by atoms with E-state index < -0.39 is 0 Å². The van der Waals surface area contributed by atoms with E-state index in [9.17, 15) is 5.26 Å². The third kappa shape index (κ3) is 2.62. The minimum atomic E-state index is -0.202. The summed E-state index contributed by atoms with van der Waals surface area (Å²) in [4.78, 5) is 13.5. The van der Waals surface area contributed by atoms with Gasteiger partial charge >= 0.3 is 0 Å². The van der Waals surface area contributed by atoms with E-state index in [0.717, 1.165) is 22.8 Å². The van der Waals surface area contributed by atoms with Crippen molar-refractivity contribution in [3.05, 3.63) is 66.0 Å². The minimum Gasteiger partial charge on any atom is -0.323 e. The van der Waals surface area contributed by atoms with Crippen LogP contribution in [-0.4, -0.2) is 23.9 Å². The van der Waals surface area contributed by atoms with Crippen molar-refractivity contribution < 1.29 is 0 Å². The topological polar surface area (TPSA) is 97.8 Å². The van der Waals surface area contributed by atoms with Crippen LogP contribution in [0.5, 0.6) is 0 Å². The van der Waals surface area contributed by atoms with Crippen molar-refractivity contribution in [2.75, 3.05) is 0 Å². The quantitative estimate of drug-likeness (QED) is 0.617. The summed E-state index contributed by atoms with van der Waals surface area (Å²) in [5, 5.41) is 9.27. The van der Waals surface area contributed by atoms with Gasteiger partial charge in [-0.15, -0.1) is 0 Å². The Hall–Kier alpha value is -3.50. The first-order valence-corrected chi connectivity index (χ1v) is 8.23. The summed E-state index contributed by atoms with van der Waals surface area (Å²) in [5.74, 6) is 0.707. The van der Waals surface area contributed by atoms with Gasteiger partial charge in [-0.25, -0.2) is 15.0 Å². The van der Waals surface area contributed by atoms with Gasteiger partial charge in [-0.3, -0.25) is 8.97 Å². The van der Waals surface area contributed by atoms with Crippen LogP contribution in [-0.2, 0) is 0 Å². The molecule has 0 aliphatic carbocycles. The third-order valence-corrected chi connectivity index (χ3v) is 4.19. The standard InChI is InChI=1S/C19H17N7/c1-12-4-3-5-16(23-12)19-24-17(13(2)21)11-26(19)14-6-7-18-22-9-15(8-20)25(18)10-14/h3-7,9-11,13H,21H2,1-2H3. The Balaban J connectivity index is 1.94. The second kappa shape index (κ2) is 6.10. The van der Waals surface area contributed by atoms with Crippen LogP contribution in [0.25, 0.3) is 22.9 Å². The van der Waals surface area contributed by atoms with E-state index in [0.29, 0.717) is 17.2 Å². The highest BCUT2D eigenvalue weighted by Gasteiger charge is 2.16. The molecular weight excluding hydrogens is 326 g/mol. The van der Waals surface area contributed by atoms with E-state index >= 15 is 0 Å². The molecule has 7 heteroatoms. The summed E-state index contributed by atoms with van der Waals surface area (Å²) in [6, 6.07) is 11.6. The first-order valence-electron chi connectivity index (χ1n) is 8.23. The van der Waals surface area contributed by atoms with Crippen molar-refractivity contribution in [1.82, 2.24) is 23.9 Å². The molecule has 0 aliphatic rings. The summed E-state index contributed by atoms with van der Waals surface area (Å²) in [6.45, 7) is 3.84. The van der Waals surface area contributed by atoms with Crippen molar-refractivity contribution >= 4 is 5.65 Å². The van der Waals surface area contributed by atoms with Gasteiger partial charge in [0.05, 0.1) is 17.6 Å². The summed E-state index contributed by atoms with van der Waals surface area (Å²) in [6.07, 6.45) is 5.34. The number of fused-ring (bicyclic) bond motifs is 1. The second-order valence-electron chi connectivity index (χ2n) is 6.18. The van der Waals surface area contributed by atoms with Gasteiger partial charge in [0, 0.05) is 24.1 Å². The van der Waals surface area contributed by atoms with Crippen LogP contribution < -0.4 is 5.73 Å². The molecule has 0 saturated carbocycles. The highest BCUT2D eigenvalue weighted by molar-refractivity contribution is 5.57. The number of hydrogen-bond acceptors (Lipinski definition) is 5. The Kier molecular flexibility index (Phi) is 3.75. The summed E-state index contributed by atoms with van der Waals surface area (Å²) in [7, 11) is 0. The zero-order valence-corrected chi connectivity index (χ0v) is 14.5. The molecule has 26 heavy (non-hydrogen) atoms. The number of hydrogen-bond donors (Lipinski definition) is 1. The van der Waals surface area contributed by atoms with Crippen LogP contribution in [0.15, 0.2) is 48.9 Å². The highest BCUT2D eigenvalue weighted by Crippen LogP contribution is 2.24. The van der Waals surface area contributed by atoms with E-state index in [4.69, 9.17) is 10.7 Å². The predicted molar refractivity (Wildman–Crippen MR) is 97.6 cm³/mol. The van der Waals surface area contributed by atoms with E-state index in [1.807, 2.05) is 61.1 Å². The summed E-state index contributed by atoms with van der Waals surface area (Å²) in [5.41, 5.74) is 10.5. The Bertz CT molecular complexity index is 1140. The van der Waals surface area contributed by atoms with Crippen molar-refractivity contribution in [2.24, 2.45) is 5.73 Å². The Morgan fingerprint density at radius 1 is 1.15 bits per heavy atom. The monoisotopic (exact) mass is 343 g/mol. The SMILES string of the molecule is Cc1cccc(-c2nc(C(C)N)cn2-c2ccc3ncc(C#N)n3c2)n1. The number of rotatable bonds is 3. The number of aromatic nitrogens is 5. The molecule has 0 saturated heterocycles. The van der Waals surface area contributed by atoms with Gasteiger partial charge in [-0.1, -0.05) is 6.07 Å². The Morgan fingerprint density at radius 3 is 2.73 bits per heavy atom. The van der Waals surface area contributed by atoms with Crippen molar-refractivity contribution in [1.29, 1.82) is 5.26 Å². The molecule has 0 radical (unpaired) electrons. The molecule has 1 unspecified atom stereocenters. The van der Waals surface area contributed by atoms with Crippen LogP contribution in [0.3, 0.4) is 0 Å². The van der Waals surface area contributed by atoms with E-state index in [1.165, 1.54) is 0 Å². The zero-order chi connectivity index (χ0) is 18.3. The number of nitrogens with two attached hydrogens (primary N) is 1. The average Bonchev–Trinajstić information content (AvgIpc) is 3.25. The molecule has 1 atom stereocenters. The third-order valence-electron chi connectivity index (χ3n) is 4.19. The van der Waals surface area contributed by atoms with E-state index in [1.54, 1.807) is 10.6 Å². The molecular formula is C19H17N7. The predicted octanol–water partition coefficient (Wildman–Crippen LogP) is 2.78. The van der Waals surface area contributed by atoms with Crippen LogP contribution in [0, 0.1) is 18.3 Å². The molecule has 4 rings (SSSR count). The first-order chi connectivity index (χ1) is 12.6. The molecule has 0 aromatic carbocycles. The molecule has 7 nitrogen and oxygen atoms in total. The van der Waals surface area contributed by atoms with Crippen LogP contribution in [0.1, 0.15) is 30.0 Å². The highest BCUT2D eigenvalue weighted by atomic mass is 15.1. The maximum atomic E-state index is 9.27. The number of aryl methyl sites for hydroxylation is 1. The van der Waals surface area contributed by atoms with Crippen molar-refractivity contribution in [3.8, 4) is 23.3 Å². The van der Waals surface area contributed by atoms with Crippen LogP contribution >= 0.6 is 0 Å². The molecule has 4 aromatic heterocycles. The fourth-order valence-electron chi connectivity index (χ4n) is 2.86. The molecule has 4 heterocycles. The smallest absolute Gasteiger partial charge is 0.163 e. The van der Waals surface area contributed by atoms with Crippen LogP contribution in [0.4, 0.5) is 0 Å². The van der Waals surface area contributed by atoms with Gasteiger partial charge in [0.1, 0.15) is 23.1 Å². The normalized spacial score (nSPS) is 12.2. The minimum absolute atomic E-state index is 0.202. The average molecular weight is 343 g/mol. The molecule has 0 bridgehead atoms. The molecule has 0 amide bonds. The first kappa shape index (κ1) is 16.0. The van der Waals surface area contributed by atoms with Gasteiger partial charge < -0.3 is 5.73 Å². The zero-order valence-electron chi connectivity index (χ0n) is 14.5. The lowest BCUT2D eigenvalue weighted by Gasteiger charge is -2.08. The lowest BCUT2D eigenvalue weighted by Crippen LogP contribution is -2.05. The molecule has 0 spiro atoms. The van der Waals surface area contributed by atoms with Crippen molar-refractivity contribution in [2.45, 2.75) is 19.9 Å². The number of nitriles is 1. The van der Waals surface area contributed by atoms with Gasteiger partial charge in [0.15, 0.2) is 5.82 Å². The maximum Gasteiger partial charge on any atom is 0.163 e. The van der Waals surface area contributed by atoms with Gasteiger partial charge in [0.25, 0.3) is 0 Å². The molecule has 4 aromatic rings. The maximum absolute atomic E-state index is 9.27. The van der Waals surface area contributed by atoms with Gasteiger partial charge in [-0.05, 0) is 38.1 Å². The molecule has 2 N–H and O–H groups in total. The van der Waals surface area contributed by atoms with E-state index in [2.05, 4.69) is 16.0 Å². The summed E-state index contributed by atoms with van der Waals surface area (Å²) < 4.78 is 3.70. The van der Waals surface area contributed by atoms with Gasteiger partial charge in [-0.2, -0.15) is 5.26 Å². The largest absolute Gasteiger partial charge is 0.323 e. The number of pyridine rings is 2. The fraction of sp³-hybridized carbons (Fsp3) is 0.158. The lowest BCUT2D eigenvalue weighted by atomic mass is 10.3. The lowest BCUT2D eigenvalue weighted by molar-refractivity contribution is 0.788. The molecule has 128 valence electrons. The van der Waals surface area contributed by atoms with E-state index in [-0.39, 0.29) is 6.04 Å². The Labute approximate surface area is 150 Å². The number of nitrogens with zero attached hydrogens (tertiary/aromatic N) is 6. The van der Waals surface area contributed by atoms with Gasteiger partial charge in [0.2, 0.25) is 0 Å².